The van der Waals surface area contributed by atoms with Crippen LogP contribution in [0.25, 0.3) is 17.0 Å². The van der Waals surface area contributed by atoms with Crippen LogP contribution in [0.4, 0.5) is 4.39 Å². The van der Waals surface area contributed by atoms with Crippen molar-refractivity contribution < 1.29 is 4.39 Å². The Morgan fingerprint density at radius 1 is 1.18 bits per heavy atom. The maximum Gasteiger partial charge on any atom is 0.165 e. The van der Waals surface area contributed by atoms with Crippen LogP contribution in [0, 0.1) is 5.82 Å². The highest BCUT2D eigenvalue weighted by molar-refractivity contribution is 5.60. The van der Waals surface area contributed by atoms with Gasteiger partial charge in [-0.3, -0.25) is 4.98 Å². The molecule has 0 radical (unpaired) electrons. The van der Waals surface area contributed by atoms with Crippen LogP contribution in [-0.4, -0.2) is 24.6 Å². The fraction of sp³-hybridized carbons (Fsp3) is 0.375. The molecule has 3 aromatic rings. The lowest BCUT2D eigenvalue weighted by Crippen LogP contribution is -2.06. The normalized spacial score (nSPS) is 14.3. The SMILES string of the molecule is CCc1nc(-c2cncc(F)c2)nc2c3c(nn12)CCCC3. The molecule has 0 aromatic carbocycles. The van der Waals surface area contributed by atoms with Crippen molar-refractivity contribution in [2.45, 2.75) is 39.0 Å². The van der Waals surface area contributed by atoms with E-state index in [2.05, 4.69) is 20.1 Å². The van der Waals surface area contributed by atoms with Crippen molar-refractivity contribution in [1.29, 1.82) is 0 Å². The van der Waals surface area contributed by atoms with E-state index in [1.165, 1.54) is 24.2 Å². The Kier molecular flexibility index (Phi) is 3.10. The van der Waals surface area contributed by atoms with Gasteiger partial charge in [0.2, 0.25) is 0 Å². The molecule has 22 heavy (non-hydrogen) atoms. The summed E-state index contributed by atoms with van der Waals surface area (Å²) in [4.78, 5) is 13.1. The zero-order chi connectivity index (χ0) is 15.1. The Hall–Kier alpha value is -2.37. The third kappa shape index (κ3) is 2.06. The van der Waals surface area contributed by atoms with Gasteiger partial charge in [0, 0.05) is 23.7 Å². The van der Waals surface area contributed by atoms with Gasteiger partial charge in [-0.05, 0) is 31.7 Å². The average Bonchev–Trinajstić information content (AvgIpc) is 2.92. The molecule has 4 rings (SSSR count). The fourth-order valence-electron chi connectivity index (χ4n) is 3.02. The third-order valence-corrected chi connectivity index (χ3v) is 4.10. The molecule has 1 aliphatic rings. The van der Waals surface area contributed by atoms with Gasteiger partial charge in [-0.2, -0.15) is 5.10 Å². The molecule has 0 atom stereocenters. The molecule has 3 heterocycles. The fourth-order valence-corrected chi connectivity index (χ4v) is 3.02. The van der Waals surface area contributed by atoms with E-state index in [1.807, 2.05) is 11.4 Å². The first-order valence-electron chi connectivity index (χ1n) is 7.64. The zero-order valence-electron chi connectivity index (χ0n) is 12.4. The maximum atomic E-state index is 13.4. The molecule has 0 aliphatic heterocycles. The molecular formula is C16H16FN5. The molecule has 6 heteroatoms. The number of aromatic nitrogens is 5. The summed E-state index contributed by atoms with van der Waals surface area (Å²) in [6.07, 6.45) is 7.86. The molecule has 0 saturated heterocycles. The summed E-state index contributed by atoms with van der Waals surface area (Å²) in [6.45, 7) is 2.04. The molecule has 5 nitrogen and oxygen atoms in total. The first kappa shape index (κ1) is 13.3. The first-order valence-corrected chi connectivity index (χ1v) is 7.64. The van der Waals surface area contributed by atoms with E-state index in [0.717, 1.165) is 42.8 Å². The largest absolute Gasteiger partial charge is 0.261 e. The van der Waals surface area contributed by atoms with Crippen LogP contribution in [0.3, 0.4) is 0 Å². The predicted molar refractivity (Wildman–Crippen MR) is 80.0 cm³/mol. The zero-order valence-corrected chi connectivity index (χ0v) is 12.4. The Labute approximate surface area is 127 Å². The number of hydrogen-bond acceptors (Lipinski definition) is 4. The molecule has 0 spiro atoms. The van der Waals surface area contributed by atoms with Gasteiger partial charge in [-0.1, -0.05) is 6.92 Å². The van der Waals surface area contributed by atoms with Crippen molar-refractivity contribution in [3.05, 3.63) is 41.4 Å². The van der Waals surface area contributed by atoms with E-state index in [1.54, 1.807) is 6.20 Å². The lowest BCUT2D eigenvalue weighted by atomic mass is 9.98. The van der Waals surface area contributed by atoms with Crippen LogP contribution in [0.5, 0.6) is 0 Å². The van der Waals surface area contributed by atoms with E-state index in [0.29, 0.717) is 11.4 Å². The summed E-state index contributed by atoms with van der Waals surface area (Å²) >= 11 is 0. The topological polar surface area (TPSA) is 56.0 Å². The summed E-state index contributed by atoms with van der Waals surface area (Å²) in [5.41, 5.74) is 3.81. The smallest absolute Gasteiger partial charge is 0.165 e. The van der Waals surface area contributed by atoms with E-state index < -0.39 is 0 Å². The standard InChI is InChI=1S/C16H16FN5/c1-2-14-19-15(10-7-11(17)9-18-8-10)20-16-12-5-3-4-6-13(12)21-22(14)16/h7-9H,2-6H2,1H3. The second-order valence-electron chi connectivity index (χ2n) is 5.58. The molecule has 0 amide bonds. The highest BCUT2D eigenvalue weighted by Gasteiger charge is 2.20. The number of halogens is 1. The van der Waals surface area contributed by atoms with Crippen LogP contribution >= 0.6 is 0 Å². The van der Waals surface area contributed by atoms with Gasteiger partial charge in [-0.15, -0.1) is 0 Å². The second kappa shape index (κ2) is 5.12. The van der Waals surface area contributed by atoms with Crippen molar-refractivity contribution in [2.24, 2.45) is 0 Å². The van der Waals surface area contributed by atoms with Crippen LogP contribution in [-0.2, 0) is 19.3 Å². The van der Waals surface area contributed by atoms with Crippen molar-refractivity contribution >= 4 is 5.65 Å². The highest BCUT2D eigenvalue weighted by atomic mass is 19.1. The second-order valence-corrected chi connectivity index (χ2v) is 5.58. The Morgan fingerprint density at radius 2 is 2.05 bits per heavy atom. The van der Waals surface area contributed by atoms with Crippen LogP contribution < -0.4 is 0 Å². The minimum Gasteiger partial charge on any atom is -0.261 e. The van der Waals surface area contributed by atoms with Gasteiger partial charge in [0.1, 0.15) is 11.6 Å². The highest BCUT2D eigenvalue weighted by Crippen LogP contribution is 2.26. The van der Waals surface area contributed by atoms with Crippen molar-refractivity contribution in [3.63, 3.8) is 0 Å². The quantitative estimate of drug-likeness (QED) is 0.730. The van der Waals surface area contributed by atoms with E-state index in [4.69, 9.17) is 0 Å². The summed E-state index contributed by atoms with van der Waals surface area (Å²) < 4.78 is 15.3. The number of rotatable bonds is 2. The lowest BCUT2D eigenvalue weighted by Gasteiger charge is -2.08. The summed E-state index contributed by atoms with van der Waals surface area (Å²) in [7, 11) is 0. The number of hydrogen-bond donors (Lipinski definition) is 0. The van der Waals surface area contributed by atoms with Crippen LogP contribution in [0.2, 0.25) is 0 Å². The van der Waals surface area contributed by atoms with Crippen molar-refractivity contribution in [3.8, 4) is 11.4 Å². The summed E-state index contributed by atoms with van der Waals surface area (Å²) in [5, 5.41) is 4.68. The van der Waals surface area contributed by atoms with Gasteiger partial charge in [0.15, 0.2) is 11.5 Å². The maximum absolute atomic E-state index is 13.4. The molecule has 0 saturated carbocycles. The van der Waals surface area contributed by atoms with Crippen LogP contribution in [0.15, 0.2) is 18.5 Å². The number of aryl methyl sites for hydroxylation is 3. The van der Waals surface area contributed by atoms with E-state index in [-0.39, 0.29) is 5.82 Å². The Balaban J connectivity index is 1.97. The number of nitrogens with zero attached hydrogens (tertiary/aromatic N) is 5. The van der Waals surface area contributed by atoms with Gasteiger partial charge < -0.3 is 0 Å². The minimum absolute atomic E-state index is 0.380. The average molecular weight is 297 g/mol. The molecule has 0 fully saturated rings. The lowest BCUT2D eigenvalue weighted by molar-refractivity contribution is 0.621. The van der Waals surface area contributed by atoms with Crippen LogP contribution in [0.1, 0.15) is 36.8 Å². The number of fused-ring (bicyclic) bond motifs is 3. The molecule has 0 unspecified atom stereocenters. The molecule has 1 aliphatic carbocycles. The van der Waals surface area contributed by atoms with E-state index in [9.17, 15) is 4.39 Å². The summed E-state index contributed by atoms with van der Waals surface area (Å²) in [5.74, 6) is 0.984. The molecule has 0 bridgehead atoms. The molecule has 3 aromatic heterocycles. The summed E-state index contributed by atoms with van der Waals surface area (Å²) in [6, 6.07) is 1.42. The monoisotopic (exact) mass is 297 g/mol. The van der Waals surface area contributed by atoms with Gasteiger partial charge in [0.25, 0.3) is 0 Å². The van der Waals surface area contributed by atoms with Gasteiger partial charge in [0.05, 0.1) is 11.9 Å². The predicted octanol–water partition coefficient (Wildman–Crippen LogP) is 2.77. The van der Waals surface area contributed by atoms with Crippen molar-refractivity contribution in [2.75, 3.05) is 0 Å². The van der Waals surface area contributed by atoms with E-state index >= 15 is 0 Å². The van der Waals surface area contributed by atoms with Crippen molar-refractivity contribution in [1.82, 2.24) is 24.6 Å². The number of pyridine rings is 1. The minimum atomic E-state index is -0.380. The molecule has 0 N–H and O–H groups in total. The third-order valence-electron chi connectivity index (χ3n) is 4.10. The Bertz CT molecular complexity index is 855. The first-order chi connectivity index (χ1) is 10.8. The van der Waals surface area contributed by atoms with Gasteiger partial charge in [-0.25, -0.2) is 18.9 Å². The molecular weight excluding hydrogens is 281 g/mol. The van der Waals surface area contributed by atoms with Gasteiger partial charge >= 0.3 is 0 Å². The Morgan fingerprint density at radius 3 is 2.86 bits per heavy atom. The molecule has 112 valence electrons.